The Bertz CT molecular complexity index is 1780. The molecule has 0 aliphatic rings. The van der Waals surface area contributed by atoms with Crippen LogP contribution in [-0.4, -0.2) is 9.97 Å². The molecule has 0 saturated carbocycles. The van der Waals surface area contributed by atoms with E-state index in [4.69, 9.17) is 0 Å². The largest absolute Gasteiger partial charge is 0.255 e. The summed E-state index contributed by atoms with van der Waals surface area (Å²) in [5.74, 6) is 12.2. The third-order valence-corrected chi connectivity index (χ3v) is 8.60. The molecular formula is C36H24N2S2. The zero-order valence-corrected chi connectivity index (χ0v) is 23.7. The number of nitrogens with zero attached hydrogens (tertiary/aromatic N) is 2. The Morgan fingerprint density at radius 2 is 0.850 bits per heavy atom. The predicted molar refractivity (Wildman–Crippen MR) is 170 cm³/mol. The van der Waals surface area contributed by atoms with E-state index in [0.717, 1.165) is 43.4 Å². The van der Waals surface area contributed by atoms with Gasteiger partial charge in [0.25, 0.3) is 0 Å². The number of thiophene rings is 2. The SMILES string of the molecule is CC#Cc1ccc(-c2ccc(-c3ccnc(-c4cc(-c5ccc(-c6ccc(C#CC)s6)cc5)ccn4)c3)cc2)s1. The summed E-state index contributed by atoms with van der Waals surface area (Å²) >= 11 is 3.43. The third-order valence-electron chi connectivity index (χ3n) is 6.50. The Hall–Kier alpha value is -4.74. The fraction of sp³-hybridized carbons (Fsp3) is 0.0556. The molecule has 40 heavy (non-hydrogen) atoms. The summed E-state index contributed by atoms with van der Waals surface area (Å²) in [7, 11) is 0. The minimum atomic E-state index is 0.851. The van der Waals surface area contributed by atoms with Gasteiger partial charge in [-0.1, -0.05) is 60.4 Å². The summed E-state index contributed by atoms with van der Waals surface area (Å²) in [4.78, 5) is 13.9. The van der Waals surface area contributed by atoms with Crippen LogP contribution in [0.15, 0.2) is 109 Å². The van der Waals surface area contributed by atoms with Crippen molar-refractivity contribution in [3.8, 4) is 78.2 Å². The second-order valence-corrected chi connectivity index (χ2v) is 11.3. The van der Waals surface area contributed by atoms with Gasteiger partial charge in [0.05, 0.1) is 21.1 Å². The van der Waals surface area contributed by atoms with Crippen molar-refractivity contribution in [3.05, 3.63) is 119 Å². The van der Waals surface area contributed by atoms with Crippen LogP contribution in [0.2, 0.25) is 0 Å². The Morgan fingerprint density at radius 3 is 1.25 bits per heavy atom. The first-order chi connectivity index (χ1) is 19.7. The molecule has 0 unspecified atom stereocenters. The molecule has 0 fully saturated rings. The van der Waals surface area contributed by atoms with Gasteiger partial charge in [0.1, 0.15) is 0 Å². The monoisotopic (exact) mass is 548 g/mol. The van der Waals surface area contributed by atoms with Crippen LogP contribution in [0.25, 0.3) is 54.5 Å². The van der Waals surface area contributed by atoms with Crippen molar-refractivity contribution >= 4 is 22.7 Å². The molecular weight excluding hydrogens is 525 g/mol. The number of hydrogen-bond acceptors (Lipinski definition) is 4. The first kappa shape index (κ1) is 25.5. The molecule has 2 aromatic carbocycles. The molecule has 0 N–H and O–H groups in total. The Balaban J connectivity index is 1.23. The van der Waals surface area contributed by atoms with Crippen LogP contribution in [0.5, 0.6) is 0 Å². The second-order valence-electron chi connectivity index (χ2n) is 9.09. The highest BCUT2D eigenvalue weighted by Gasteiger charge is 2.09. The molecule has 0 radical (unpaired) electrons. The van der Waals surface area contributed by atoms with E-state index in [1.54, 1.807) is 22.7 Å². The highest BCUT2D eigenvalue weighted by Crippen LogP contribution is 2.33. The van der Waals surface area contributed by atoms with Gasteiger partial charge in [0.2, 0.25) is 0 Å². The first-order valence-electron chi connectivity index (χ1n) is 12.9. The third kappa shape index (κ3) is 5.51. The normalized spacial score (nSPS) is 10.3. The maximum Gasteiger partial charge on any atom is 0.0892 e. The highest BCUT2D eigenvalue weighted by atomic mass is 32.1. The summed E-state index contributed by atoms with van der Waals surface area (Å²) in [5.41, 5.74) is 8.61. The molecule has 0 aliphatic carbocycles. The second kappa shape index (κ2) is 11.6. The topological polar surface area (TPSA) is 25.8 Å². The lowest BCUT2D eigenvalue weighted by Gasteiger charge is -2.08. The number of hydrogen-bond donors (Lipinski definition) is 0. The molecule has 190 valence electrons. The zero-order valence-electron chi connectivity index (χ0n) is 22.1. The fourth-order valence-electron chi connectivity index (χ4n) is 4.52. The van der Waals surface area contributed by atoms with Crippen molar-refractivity contribution in [1.82, 2.24) is 9.97 Å². The van der Waals surface area contributed by atoms with Crippen LogP contribution in [0, 0.1) is 23.7 Å². The number of benzene rings is 2. The Morgan fingerprint density at radius 1 is 0.450 bits per heavy atom. The molecule has 0 bridgehead atoms. The van der Waals surface area contributed by atoms with Gasteiger partial charge in [-0.3, -0.25) is 9.97 Å². The molecule has 4 heterocycles. The van der Waals surface area contributed by atoms with Crippen molar-refractivity contribution in [2.45, 2.75) is 13.8 Å². The predicted octanol–water partition coefficient (Wildman–Crippen LogP) is 9.68. The van der Waals surface area contributed by atoms with E-state index >= 15 is 0 Å². The fourth-order valence-corrected chi connectivity index (χ4v) is 6.35. The summed E-state index contributed by atoms with van der Waals surface area (Å²) in [5, 5.41) is 0. The molecule has 2 nitrogen and oxygen atoms in total. The number of pyridine rings is 2. The van der Waals surface area contributed by atoms with Gasteiger partial charge >= 0.3 is 0 Å². The van der Waals surface area contributed by atoms with Gasteiger partial charge in [-0.15, -0.1) is 34.5 Å². The first-order valence-corrected chi connectivity index (χ1v) is 14.5. The smallest absolute Gasteiger partial charge is 0.0892 e. The van der Waals surface area contributed by atoms with Gasteiger partial charge in [-0.2, -0.15) is 0 Å². The van der Waals surface area contributed by atoms with Crippen LogP contribution >= 0.6 is 22.7 Å². The van der Waals surface area contributed by atoms with Crippen molar-refractivity contribution in [3.63, 3.8) is 0 Å². The van der Waals surface area contributed by atoms with E-state index < -0.39 is 0 Å². The molecule has 4 heteroatoms. The van der Waals surface area contributed by atoms with Crippen LogP contribution < -0.4 is 0 Å². The van der Waals surface area contributed by atoms with E-state index in [-0.39, 0.29) is 0 Å². The highest BCUT2D eigenvalue weighted by molar-refractivity contribution is 7.16. The molecule has 6 rings (SSSR count). The van der Waals surface area contributed by atoms with Crippen LogP contribution in [0.4, 0.5) is 0 Å². The average molecular weight is 549 g/mol. The lowest BCUT2D eigenvalue weighted by atomic mass is 10.0. The van der Waals surface area contributed by atoms with E-state index in [1.807, 2.05) is 38.4 Å². The average Bonchev–Trinajstić information content (AvgIpc) is 3.68. The Kier molecular flexibility index (Phi) is 7.38. The van der Waals surface area contributed by atoms with Gasteiger partial charge in [0.15, 0.2) is 0 Å². The summed E-state index contributed by atoms with van der Waals surface area (Å²) < 4.78 is 0. The van der Waals surface area contributed by atoms with Crippen molar-refractivity contribution in [2.75, 3.05) is 0 Å². The molecule has 6 aromatic rings. The van der Waals surface area contributed by atoms with Crippen LogP contribution in [0.1, 0.15) is 23.6 Å². The van der Waals surface area contributed by atoms with Crippen LogP contribution in [-0.2, 0) is 0 Å². The number of aromatic nitrogens is 2. The van der Waals surface area contributed by atoms with Gasteiger partial charge in [0, 0.05) is 22.1 Å². The van der Waals surface area contributed by atoms with Gasteiger partial charge < -0.3 is 0 Å². The van der Waals surface area contributed by atoms with Crippen molar-refractivity contribution in [2.24, 2.45) is 0 Å². The zero-order chi connectivity index (χ0) is 27.3. The van der Waals surface area contributed by atoms with E-state index in [2.05, 4.69) is 119 Å². The maximum atomic E-state index is 4.64. The standard InChI is InChI=1S/C36H24N2S2/c1-3-5-31-15-17-35(39-31)27-11-7-25(8-12-27)29-19-21-37-33(23-29)34-24-30(20-22-38-34)26-9-13-28(14-10-26)36-18-16-32(40-36)6-4-2/h7-24H,1-2H3. The maximum absolute atomic E-state index is 4.64. The molecule has 4 aromatic heterocycles. The van der Waals surface area contributed by atoms with Crippen LogP contribution in [0.3, 0.4) is 0 Å². The van der Waals surface area contributed by atoms with Gasteiger partial charge in [-0.05, 0) is 95.8 Å². The van der Waals surface area contributed by atoms with Gasteiger partial charge in [-0.25, -0.2) is 0 Å². The van der Waals surface area contributed by atoms with E-state index in [1.165, 1.54) is 20.9 Å². The molecule has 0 spiro atoms. The van der Waals surface area contributed by atoms with Crippen molar-refractivity contribution in [1.29, 1.82) is 0 Å². The lowest BCUT2D eigenvalue weighted by molar-refractivity contribution is 1.25. The molecule has 0 atom stereocenters. The summed E-state index contributed by atoms with van der Waals surface area (Å²) in [6.07, 6.45) is 3.71. The Labute approximate surface area is 243 Å². The van der Waals surface area contributed by atoms with E-state index in [9.17, 15) is 0 Å². The molecule has 0 aliphatic heterocycles. The van der Waals surface area contributed by atoms with Crippen molar-refractivity contribution < 1.29 is 0 Å². The molecule has 0 saturated heterocycles. The minimum absolute atomic E-state index is 0.851. The quantitative estimate of drug-likeness (QED) is 0.200. The minimum Gasteiger partial charge on any atom is -0.255 e. The summed E-state index contributed by atoms with van der Waals surface area (Å²) in [6.45, 7) is 3.73. The summed E-state index contributed by atoms with van der Waals surface area (Å²) in [6, 6.07) is 34.1. The molecule has 0 amide bonds. The lowest BCUT2D eigenvalue weighted by Crippen LogP contribution is -1.90. The number of rotatable bonds is 5. The van der Waals surface area contributed by atoms with E-state index in [0.29, 0.717) is 0 Å².